The van der Waals surface area contributed by atoms with Crippen LogP contribution in [0.15, 0.2) is 23.1 Å². The molecule has 6 heteroatoms. The number of carbonyl (C=O) groups excluding carboxylic acids is 1. The van der Waals surface area contributed by atoms with E-state index in [0.29, 0.717) is 13.1 Å². The maximum atomic E-state index is 12.4. The molecule has 0 bridgehead atoms. The van der Waals surface area contributed by atoms with Crippen LogP contribution in [0.3, 0.4) is 0 Å². The van der Waals surface area contributed by atoms with Gasteiger partial charge in [0, 0.05) is 51.7 Å². The molecule has 0 unspecified atom stereocenters. The number of amides is 1. The molecule has 1 fully saturated rings. The standard InChI is InChI=1S/C14H21N3O2S/c1-15-5-3-4-12(13(15)18)14(19)17-8-6-16(7-9-17)10-11-20-2/h3-5H,6-11H2,1-2H3. The van der Waals surface area contributed by atoms with Crippen molar-refractivity contribution in [3.8, 4) is 0 Å². The molecule has 1 aliphatic rings. The van der Waals surface area contributed by atoms with Crippen molar-refractivity contribution in [3.05, 3.63) is 34.2 Å². The Kier molecular flexibility index (Phi) is 5.25. The lowest BCUT2D eigenvalue weighted by Gasteiger charge is -2.34. The predicted molar refractivity (Wildman–Crippen MR) is 82.4 cm³/mol. The quantitative estimate of drug-likeness (QED) is 0.812. The number of hydrogen-bond donors (Lipinski definition) is 0. The van der Waals surface area contributed by atoms with Gasteiger partial charge in [0.1, 0.15) is 5.56 Å². The van der Waals surface area contributed by atoms with E-state index >= 15 is 0 Å². The van der Waals surface area contributed by atoms with Crippen LogP contribution in [-0.4, -0.2) is 65.0 Å². The zero-order valence-electron chi connectivity index (χ0n) is 12.0. The van der Waals surface area contributed by atoms with E-state index in [4.69, 9.17) is 0 Å². The maximum absolute atomic E-state index is 12.4. The average Bonchev–Trinajstić information content (AvgIpc) is 2.48. The number of pyridine rings is 1. The van der Waals surface area contributed by atoms with Crippen LogP contribution >= 0.6 is 11.8 Å². The van der Waals surface area contributed by atoms with Gasteiger partial charge in [0.25, 0.3) is 11.5 Å². The number of rotatable bonds is 4. The number of aromatic nitrogens is 1. The van der Waals surface area contributed by atoms with Crippen LogP contribution in [-0.2, 0) is 7.05 Å². The minimum Gasteiger partial charge on any atom is -0.336 e. The van der Waals surface area contributed by atoms with E-state index in [1.165, 1.54) is 4.57 Å². The molecule has 0 aromatic carbocycles. The Labute approximate surface area is 123 Å². The van der Waals surface area contributed by atoms with Crippen LogP contribution in [0.5, 0.6) is 0 Å². The van der Waals surface area contributed by atoms with Gasteiger partial charge in [0.2, 0.25) is 0 Å². The summed E-state index contributed by atoms with van der Waals surface area (Å²) >= 11 is 1.84. The highest BCUT2D eigenvalue weighted by Gasteiger charge is 2.23. The molecule has 1 saturated heterocycles. The van der Waals surface area contributed by atoms with Crippen molar-refractivity contribution in [2.75, 3.05) is 44.7 Å². The van der Waals surface area contributed by atoms with Crippen molar-refractivity contribution in [2.45, 2.75) is 0 Å². The number of aryl methyl sites for hydroxylation is 1. The Balaban J connectivity index is 1.98. The van der Waals surface area contributed by atoms with E-state index in [1.807, 2.05) is 11.8 Å². The molecule has 0 aliphatic carbocycles. The Morgan fingerprint density at radius 1 is 1.30 bits per heavy atom. The summed E-state index contributed by atoms with van der Waals surface area (Å²) in [7, 11) is 1.67. The molecule has 1 amide bonds. The highest BCUT2D eigenvalue weighted by atomic mass is 32.2. The second kappa shape index (κ2) is 6.95. The second-order valence-electron chi connectivity index (χ2n) is 4.96. The fourth-order valence-corrected chi connectivity index (χ4v) is 2.77. The van der Waals surface area contributed by atoms with Gasteiger partial charge in [-0.3, -0.25) is 14.5 Å². The smallest absolute Gasteiger partial charge is 0.263 e. The van der Waals surface area contributed by atoms with E-state index in [2.05, 4.69) is 11.2 Å². The molecule has 0 spiro atoms. The van der Waals surface area contributed by atoms with Crippen molar-refractivity contribution in [3.63, 3.8) is 0 Å². The number of hydrogen-bond acceptors (Lipinski definition) is 4. The monoisotopic (exact) mass is 295 g/mol. The van der Waals surface area contributed by atoms with Gasteiger partial charge in [-0.25, -0.2) is 0 Å². The summed E-state index contributed by atoms with van der Waals surface area (Å²) in [6.07, 6.45) is 3.77. The molecule has 0 radical (unpaired) electrons. The second-order valence-corrected chi connectivity index (χ2v) is 5.95. The molecule has 0 saturated carbocycles. The Bertz CT molecular complexity index is 521. The fraction of sp³-hybridized carbons (Fsp3) is 0.571. The fourth-order valence-electron chi connectivity index (χ4n) is 2.33. The number of nitrogens with zero attached hydrogens (tertiary/aromatic N) is 3. The summed E-state index contributed by atoms with van der Waals surface area (Å²) in [5.74, 6) is 0.975. The first-order valence-electron chi connectivity index (χ1n) is 6.79. The zero-order chi connectivity index (χ0) is 14.5. The van der Waals surface area contributed by atoms with Crippen molar-refractivity contribution >= 4 is 17.7 Å². The number of thioether (sulfide) groups is 1. The van der Waals surface area contributed by atoms with Gasteiger partial charge >= 0.3 is 0 Å². The Morgan fingerprint density at radius 3 is 2.65 bits per heavy atom. The summed E-state index contributed by atoms with van der Waals surface area (Å²) in [6.45, 7) is 4.24. The molecule has 0 N–H and O–H groups in total. The summed E-state index contributed by atoms with van der Waals surface area (Å²) in [5, 5.41) is 0. The molecule has 1 aromatic rings. The van der Waals surface area contributed by atoms with E-state index < -0.39 is 0 Å². The van der Waals surface area contributed by atoms with E-state index in [1.54, 1.807) is 30.3 Å². The first kappa shape index (κ1) is 15.1. The van der Waals surface area contributed by atoms with Crippen molar-refractivity contribution in [2.24, 2.45) is 7.05 Å². The minimum atomic E-state index is -0.220. The van der Waals surface area contributed by atoms with Gasteiger partial charge in [-0.05, 0) is 18.4 Å². The lowest BCUT2D eigenvalue weighted by molar-refractivity contribution is 0.0642. The van der Waals surface area contributed by atoms with Gasteiger partial charge in [0.05, 0.1) is 0 Å². The number of piperazine rings is 1. The highest BCUT2D eigenvalue weighted by molar-refractivity contribution is 7.98. The number of carbonyl (C=O) groups is 1. The highest BCUT2D eigenvalue weighted by Crippen LogP contribution is 2.07. The summed E-state index contributed by atoms with van der Waals surface area (Å²) in [6, 6.07) is 3.36. The molecule has 1 aliphatic heterocycles. The van der Waals surface area contributed by atoms with Gasteiger partial charge in [-0.15, -0.1) is 0 Å². The third-order valence-electron chi connectivity index (χ3n) is 3.62. The van der Waals surface area contributed by atoms with Crippen LogP contribution in [0.2, 0.25) is 0 Å². The lowest BCUT2D eigenvalue weighted by atomic mass is 10.2. The molecule has 2 rings (SSSR count). The maximum Gasteiger partial charge on any atom is 0.263 e. The van der Waals surface area contributed by atoms with Crippen molar-refractivity contribution in [1.82, 2.24) is 14.4 Å². The lowest BCUT2D eigenvalue weighted by Crippen LogP contribution is -2.50. The van der Waals surface area contributed by atoms with Gasteiger partial charge in [-0.1, -0.05) is 0 Å². The van der Waals surface area contributed by atoms with Gasteiger partial charge in [0.15, 0.2) is 0 Å². The van der Waals surface area contributed by atoms with Crippen molar-refractivity contribution in [1.29, 1.82) is 0 Å². The summed E-state index contributed by atoms with van der Waals surface area (Å²) in [4.78, 5) is 28.5. The topological polar surface area (TPSA) is 45.5 Å². The minimum absolute atomic E-state index is 0.143. The van der Waals surface area contributed by atoms with E-state index in [0.717, 1.165) is 25.4 Å². The van der Waals surface area contributed by atoms with Crippen LogP contribution in [0.1, 0.15) is 10.4 Å². The third kappa shape index (κ3) is 3.43. The molecule has 20 heavy (non-hydrogen) atoms. The average molecular weight is 295 g/mol. The molecule has 1 aromatic heterocycles. The molecule has 0 atom stereocenters. The molecule has 110 valence electrons. The summed E-state index contributed by atoms with van der Waals surface area (Å²) in [5.41, 5.74) is 0.0508. The Hall–Kier alpha value is -1.27. The van der Waals surface area contributed by atoms with Crippen molar-refractivity contribution < 1.29 is 4.79 Å². The largest absolute Gasteiger partial charge is 0.336 e. The first-order valence-corrected chi connectivity index (χ1v) is 8.19. The Morgan fingerprint density at radius 2 is 2.00 bits per heavy atom. The SMILES string of the molecule is CSCCN1CCN(C(=O)c2cccn(C)c2=O)CC1. The van der Waals surface area contributed by atoms with Crippen LogP contribution < -0.4 is 5.56 Å². The molecular weight excluding hydrogens is 274 g/mol. The van der Waals surface area contributed by atoms with Gasteiger partial charge < -0.3 is 9.47 Å². The summed E-state index contributed by atoms with van der Waals surface area (Å²) < 4.78 is 1.45. The molecule has 2 heterocycles. The first-order chi connectivity index (χ1) is 9.63. The predicted octanol–water partition coefficient (Wildman–Crippen LogP) is 0.506. The van der Waals surface area contributed by atoms with E-state index in [9.17, 15) is 9.59 Å². The van der Waals surface area contributed by atoms with Crippen LogP contribution in [0.25, 0.3) is 0 Å². The van der Waals surface area contributed by atoms with Gasteiger partial charge in [-0.2, -0.15) is 11.8 Å². The third-order valence-corrected chi connectivity index (χ3v) is 4.22. The molecular formula is C14H21N3O2S. The molecule has 5 nitrogen and oxygen atoms in total. The van der Waals surface area contributed by atoms with Crippen LogP contribution in [0, 0.1) is 0 Å². The van der Waals surface area contributed by atoms with Crippen LogP contribution in [0.4, 0.5) is 0 Å². The normalized spacial score (nSPS) is 16.4. The van der Waals surface area contributed by atoms with E-state index in [-0.39, 0.29) is 17.0 Å². The zero-order valence-corrected chi connectivity index (χ0v) is 12.9.